The van der Waals surface area contributed by atoms with Gasteiger partial charge in [-0.2, -0.15) is 0 Å². The number of nitrogens with zero attached hydrogens (tertiary/aromatic N) is 2. The summed E-state index contributed by atoms with van der Waals surface area (Å²) < 4.78 is 5.34. The van der Waals surface area contributed by atoms with Crippen LogP contribution < -0.4 is 5.32 Å². The molecule has 1 aliphatic rings. The maximum absolute atomic E-state index is 12.2. The minimum absolute atomic E-state index is 0.154. The third kappa shape index (κ3) is 5.30. The van der Waals surface area contributed by atoms with Crippen LogP contribution in [0.15, 0.2) is 24.3 Å². The highest BCUT2D eigenvalue weighted by Crippen LogP contribution is 2.15. The highest BCUT2D eigenvalue weighted by molar-refractivity contribution is 6.31. The second-order valence-electron chi connectivity index (χ2n) is 6.70. The highest BCUT2D eigenvalue weighted by Gasteiger charge is 2.27. The van der Waals surface area contributed by atoms with Crippen LogP contribution in [0.25, 0.3) is 0 Å². The van der Waals surface area contributed by atoms with Gasteiger partial charge in [-0.1, -0.05) is 29.8 Å². The van der Waals surface area contributed by atoms with Crippen LogP contribution in [0.1, 0.15) is 26.3 Å². The van der Waals surface area contributed by atoms with Crippen molar-refractivity contribution in [3.63, 3.8) is 0 Å². The molecule has 1 saturated heterocycles. The predicted molar refractivity (Wildman–Crippen MR) is 93.1 cm³/mol. The summed E-state index contributed by atoms with van der Waals surface area (Å²) in [7, 11) is 0. The number of halogens is 1. The minimum Gasteiger partial charge on any atom is -0.444 e. The van der Waals surface area contributed by atoms with Crippen LogP contribution >= 0.6 is 11.6 Å². The van der Waals surface area contributed by atoms with E-state index >= 15 is 0 Å². The van der Waals surface area contributed by atoms with Gasteiger partial charge in [0.15, 0.2) is 0 Å². The first-order valence-corrected chi connectivity index (χ1v) is 8.38. The molecule has 24 heavy (non-hydrogen) atoms. The number of nitrogens with one attached hydrogen (secondary N) is 1. The molecule has 0 spiro atoms. The average molecular weight is 354 g/mol. The van der Waals surface area contributed by atoms with Crippen LogP contribution in [0.4, 0.5) is 9.59 Å². The fraction of sp³-hybridized carbons (Fsp3) is 0.529. The molecule has 2 rings (SSSR count). The van der Waals surface area contributed by atoms with E-state index in [-0.39, 0.29) is 12.1 Å². The Morgan fingerprint density at radius 1 is 1.12 bits per heavy atom. The van der Waals surface area contributed by atoms with Gasteiger partial charge in [0.25, 0.3) is 0 Å². The standard InChI is InChI=1S/C17H24ClN3O3/c1-17(2,3)24-16(23)21-10-8-20(9-11-21)15(22)19-12-13-6-4-5-7-14(13)18/h4-7H,8-12H2,1-3H3,(H,19,22). The lowest BCUT2D eigenvalue weighted by molar-refractivity contribution is 0.0170. The zero-order valence-electron chi connectivity index (χ0n) is 14.3. The van der Waals surface area contributed by atoms with Crippen molar-refractivity contribution >= 4 is 23.7 Å². The number of ether oxygens (including phenoxy) is 1. The van der Waals surface area contributed by atoms with Crippen molar-refractivity contribution in [2.24, 2.45) is 0 Å². The quantitative estimate of drug-likeness (QED) is 0.888. The van der Waals surface area contributed by atoms with Crippen molar-refractivity contribution in [3.8, 4) is 0 Å². The molecule has 1 N–H and O–H groups in total. The Balaban J connectivity index is 1.78. The smallest absolute Gasteiger partial charge is 0.410 e. The van der Waals surface area contributed by atoms with Gasteiger partial charge < -0.3 is 19.9 Å². The summed E-state index contributed by atoms with van der Waals surface area (Å²) in [5.74, 6) is 0. The molecule has 1 heterocycles. The van der Waals surface area contributed by atoms with Gasteiger partial charge in [0.05, 0.1) is 0 Å². The molecule has 0 aliphatic carbocycles. The van der Waals surface area contributed by atoms with Gasteiger partial charge in [0.2, 0.25) is 0 Å². The molecule has 1 aromatic rings. The lowest BCUT2D eigenvalue weighted by Gasteiger charge is -2.35. The van der Waals surface area contributed by atoms with E-state index in [1.54, 1.807) is 15.9 Å². The molecule has 0 unspecified atom stereocenters. The predicted octanol–water partition coefficient (Wildman–Crippen LogP) is 3.10. The normalized spacial score (nSPS) is 15.2. The number of benzene rings is 1. The van der Waals surface area contributed by atoms with E-state index in [1.807, 2.05) is 39.0 Å². The lowest BCUT2D eigenvalue weighted by atomic mass is 10.2. The molecule has 1 aliphatic heterocycles. The Bertz CT molecular complexity index is 593. The van der Waals surface area contributed by atoms with E-state index in [0.717, 1.165) is 5.56 Å². The molecular formula is C17H24ClN3O3. The fourth-order valence-corrected chi connectivity index (χ4v) is 2.55. The Morgan fingerprint density at radius 2 is 1.71 bits per heavy atom. The SMILES string of the molecule is CC(C)(C)OC(=O)N1CCN(C(=O)NCc2ccccc2Cl)CC1. The van der Waals surface area contributed by atoms with Crippen LogP contribution in [-0.4, -0.2) is 53.7 Å². The number of piperazine rings is 1. The molecule has 0 aromatic heterocycles. The highest BCUT2D eigenvalue weighted by atomic mass is 35.5. The molecule has 7 heteroatoms. The summed E-state index contributed by atoms with van der Waals surface area (Å²) in [5, 5.41) is 3.49. The average Bonchev–Trinajstić information content (AvgIpc) is 2.52. The van der Waals surface area contributed by atoms with E-state index in [1.165, 1.54) is 0 Å². The number of rotatable bonds is 2. The topological polar surface area (TPSA) is 61.9 Å². The summed E-state index contributed by atoms with van der Waals surface area (Å²) in [6, 6.07) is 7.25. The first-order chi connectivity index (χ1) is 11.3. The second kappa shape index (κ2) is 7.75. The second-order valence-corrected chi connectivity index (χ2v) is 7.11. The number of hydrogen-bond donors (Lipinski definition) is 1. The van der Waals surface area contributed by atoms with E-state index in [9.17, 15) is 9.59 Å². The number of hydrogen-bond acceptors (Lipinski definition) is 3. The molecule has 1 aromatic carbocycles. The molecule has 0 bridgehead atoms. The van der Waals surface area contributed by atoms with Crippen LogP contribution in [0.5, 0.6) is 0 Å². The first-order valence-electron chi connectivity index (χ1n) is 8.00. The van der Waals surface area contributed by atoms with Crippen molar-refractivity contribution in [3.05, 3.63) is 34.9 Å². The number of amides is 3. The molecule has 0 radical (unpaired) electrons. The van der Waals surface area contributed by atoms with Crippen molar-refractivity contribution in [2.75, 3.05) is 26.2 Å². The van der Waals surface area contributed by atoms with Crippen LogP contribution in [0.2, 0.25) is 5.02 Å². The van der Waals surface area contributed by atoms with E-state index in [0.29, 0.717) is 37.7 Å². The van der Waals surface area contributed by atoms with E-state index < -0.39 is 5.60 Å². The van der Waals surface area contributed by atoms with Gasteiger partial charge >= 0.3 is 12.1 Å². The Labute approximate surface area is 147 Å². The van der Waals surface area contributed by atoms with Crippen molar-refractivity contribution < 1.29 is 14.3 Å². The van der Waals surface area contributed by atoms with E-state index in [4.69, 9.17) is 16.3 Å². The monoisotopic (exact) mass is 353 g/mol. The Hall–Kier alpha value is -1.95. The maximum atomic E-state index is 12.2. The number of carbonyl (C=O) groups excluding carboxylic acids is 2. The molecule has 1 fully saturated rings. The first kappa shape index (κ1) is 18.4. The Kier molecular flexibility index (Phi) is 5.94. The Morgan fingerprint density at radius 3 is 2.29 bits per heavy atom. The molecule has 0 saturated carbocycles. The minimum atomic E-state index is -0.513. The fourth-order valence-electron chi connectivity index (χ4n) is 2.34. The van der Waals surface area contributed by atoms with Gasteiger partial charge in [0.1, 0.15) is 5.60 Å². The summed E-state index contributed by atoms with van der Waals surface area (Å²) in [4.78, 5) is 27.6. The zero-order valence-corrected chi connectivity index (χ0v) is 15.1. The van der Waals surface area contributed by atoms with Crippen LogP contribution in [0.3, 0.4) is 0 Å². The van der Waals surface area contributed by atoms with Crippen molar-refractivity contribution in [1.82, 2.24) is 15.1 Å². The molecule has 0 atom stereocenters. The number of urea groups is 1. The molecule has 6 nitrogen and oxygen atoms in total. The van der Waals surface area contributed by atoms with E-state index in [2.05, 4.69) is 5.32 Å². The van der Waals surface area contributed by atoms with Gasteiger partial charge in [-0.15, -0.1) is 0 Å². The summed E-state index contributed by atoms with van der Waals surface area (Å²) >= 11 is 6.08. The molecule has 3 amide bonds. The zero-order chi connectivity index (χ0) is 17.7. The molecule has 132 valence electrons. The molecular weight excluding hydrogens is 330 g/mol. The summed E-state index contributed by atoms with van der Waals surface area (Å²) in [6.45, 7) is 7.78. The van der Waals surface area contributed by atoms with Gasteiger partial charge in [0, 0.05) is 37.7 Å². The van der Waals surface area contributed by atoms with Gasteiger partial charge in [-0.3, -0.25) is 0 Å². The summed E-state index contributed by atoms with van der Waals surface area (Å²) in [5.41, 5.74) is 0.362. The third-order valence-electron chi connectivity index (χ3n) is 3.61. The van der Waals surface area contributed by atoms with Crippen LogP contribution in [-0.2, 0) is 11.3 Å². The maximum Gasteiger partial charge on any atom is 0.410 e. The largest absolute Gasteiger partial charge is 0.444 e. The number of carbonyl (C=O) groups is 2. The summed E-state index contributed by atoms with van der Waals surface area (Å²) in [6.07, 6.45) is -0.335. The lowest BCUT2D eigenvalue weighted by Crippen LogP contribution is -2.53. The van der Waals surface area contributed by atoms with Crippen molar-refractivity contribution in [1.29, 1.82) is 0 Å². The van der Waals surface area contributed by atoms with Crippen molar-refractivity contribution in [2.45, 2.75) is 32.9 Å². The van der Waals surface area contributed by atoms with Gasteiger partial charge in [-0.25, -0.2) is 9.59 Å². The third-order valence-corrected chi connectivity index (χ3v) is 3.98. The van der Waals surface area contributed by atoms with Crippen LogP contribution in [0, 0.1) is 0 Å². The van der Waals surface area contributed by atoms with Gasteiger partial charge in [-0.05, 0) is 32.4 Å².